The van der Waals surface area contributed by atoms with Crippen LogP contribution in [-0.2, 0) is 9.53 Å². The van der Waals surface area contributed by atoms with E-state index >= 15 is 0 Å². The first-order valence-corrected chi connectivity index (χ1v) is 9.09. The second kappa shape index (κ2) is 8.74. The Morgan fingerprint density at radius 3 is 2.48 bits per heavy atom. The van der Waals surface area contributed by atoms with Crippen molar-refractivity contribution in [2.24, 2.45) is 0 Å². The molecule has 31 heavy (non-hydrogen) atoms. The molecule has 0 aliphatic heterocycles. The van der Waals surface area contributed by atoms with Crippen molar-refractivity contribution >= 4 is 17.6 Å². The van der Waals surface area contributed by atoms with Crippen LogP contribution in [0.1, 0.15) is 33.8 Å². The van der Waals surface area contributed by atoms with Gasteiger partial charge in [-0.2, -0.15) is 4.98 Å². The Bertz CT molecular complexity index is 1220. The summed E-state index contributed by atoms with van der Waals surface area (Å²) < 4.78 is 16.3. The number of pyridine rings is 1. The zero-order chi connectivity index (χ0) is 22.7. The van der Waals surface area contributed by atoms with E-state index < -0.39 is 35.7 Å². The van der Waals surface area contributed by atoms with E-state index in [0.717, 1.165) is 7.11 Å². The Morgan fingerprint density at radius 2 is 1.87 bits per heavy atom. The average Bonchev–Trinajstić information content (AvgIpc) is 2.76. The van der Waals surface area contributed by atoms with Crippen molar-refractivity contribution in [3.63, 3.8) is 0 Å². The fourth-order valence-corrected chi connectivity index (χ4v) is 3.47. The number of carboxylic acids is 1. The van der Waals surface area contributed by atoms with Gasteiger partial charge in [0.25, 0.3) is 5.56 Å². The molecule has 0 saturated carbocycles. The minimum absolute atomic E-state index is 0.0561. The number of methoxy groups -OCH3 is 3. The lowest BCUT2D eigenvalue weighted by Crippen LogP contribution is -2.25. The Balaban J connectivity index is 2.38. The van der Waals surface area contributed by atoms with Crippen molar-refractivity contribution in [2.45, 2.75) is 12.3 Å². The molecule has 2 aromatic heterocycles. The third-order valence-electron chi connectivity index (χ3n) is 4.86. The van der Waals surface area contributed by atoms with Gasteiger partial charge >= 0.3 is 11.9 Å². The number of benzene rings is 1. The van der Waals surface area contributed by atoms with E-state index in [-0.39, 0.29) is 33.8 Å². The standard InChI is InChI=1S/C21H20N2O8/c1-29-13-8-7-11(16(21(27)28)18(13)31-3)12(10-15(24)30-2)17-19(25)22-14-6-4-5-9-23(14)20(17)26/h4-9,12,25H,10H2,1-3H3,(H,27,28)/t12-/m1/s1. The number of carboxylic acid groups (broad SMARTS) is 1. The molecule has 2 heterocycles. The van der Waals surface area contributed by atoms with Crippen molar-refractivity contribution in [1.82, 2.24) is 9.38 Å². The Labute approximate surface area is 176 Å². The summed E-state index contributed by atoms with van der Waals surface area (Å²) in [4.78, 5) is 41.5. The second-order valence-electron chi connectivity index (χ2n) is 6.49. The summed E-state index contributed by atoms with van der Waals surface area (Å²) in [6.45, 7) is 0. The van der Waals surface area contributed by atoms with Gasteiger partial charge in [-0.3, -0.25) is 14.0 Å². The summed E-state index contributed by atoms with van der Waals surface area (Å²) in [5.41, 5.74) is -0.961. The average molecular weight is 428 g/mol. The third-order valence-corrected chi connectivity index (χ3v) is 4.86. The van der Waals surface area contributed by atoms with Crippen molar-refractivity contribution < 1.29 is 34.0 Å². The van der Waals surface area contributed by atoms with E-state index in [0.29, 0.717) is 0 Å². The fourth-order valence-electron chi connectivity index (χ4n) is 3.47. The lowest BCUT2D eigenvalue weighted by atomic mass is 9.85. The molecule has 0 radical (unpaired) electrons. The van der Waals surface area contributed by atoms with Crippen LogP contribution in [0.3, 0.4) is 0 Å². The van der Waals surface area contributed by atoms with E-state index in [4.69, 9.17) is 14.2 Å². The van der Waals surface area contributed by atoms with Gasteiger partial charge in [-0.1, -0.05) is 12.1 Å². The Kier molecular flexibility index (Phi) is 6.10. The molecule has 0 fully saturated rings. The molecule has 0 amide bonds. The molecule has 0 aliphatic carbocycles. The number of carbonyl (C=O) groups is 2. The van der Waals surface area contributed by atoms with Gasteiger partial charge in [0.1, 0.15) is 11.2 Å². The maximum absolute atomic E-state index is 13.2. The SMILES string of the molecule is COC(=O)C[C@H](c1ccc(OC)c(OC)c1C(=O)O)c1c(O)nc2ccccn2c1=O. The molecular formula is C21H20N2O8. The van der Waals surface area contributed by atoms with Crippen LogP contribution in [0.4, 0.5) is 0 Å². The van der Waals surface area contributed by atoms with Crippen molar-refractivity contribution in [2.75, 3.05) is 21.3 Å². The smallest absolute Gasteiger partial charge is 0.339 e. The Morgan fingerprint density at radius 1 is 1.13 bits per heavy atom. The van der Waals surface area contributed by atoms with Crippen molar-refractivity contribution in [1.29, 1.82) is 0 Å². The van der Waals surface area contributed by atoms with Gasteiger partial charge in [0, 0.05) is 12.1 Å². The number of hydrogen-bond acceptors (Lipinski definition) is 8. The second-order valence-corrected chi connectivity index (χ2v) is 6.49. The molecule has 0 unspecified atom stereocenters. The number of carbonyl (C=O) groups excluding carboxylic acids is 1. The maximum atomic E-state index is 13.2. The minimum atomic E-state index is -1.37. The summed E-state index contributed by atoms with van der Waals surface area (Å²) in [5, 5.41) is 20.5. The van der Waals surface area contributed by atoms with Gasteiger partial charge < -0.3 is 24.4 Å². The van der Waals surface area contributed by atoms with Gasteiger partial charge in [-0.25, -0.2) is 4.79 Å². The van der Waals surface area contributed by atoms with Crippen LogP contribution in [0, 0.1) is 0 Å². The van der Waals surface area contributed by atoms with Crippen LogP contribution in [0.2, 0.25) is 0 Å². The summed E-state index contributed by atoms with van der Waals surface area (Å²) in [7, 11) is 3.78. The molecule has 162 valence electrons. The van der Waals surface area contributed by atoms with Crippen LogP contribution in [0.15, 0.2) is 41.3 Å². The maximum Gasteiger partial charge on any atom is 0.339 e. The van der Waals surface area contributed by atoms with Crippen LogP contribution in [0.5, 0.6) is 17.4 Å². The molecule has 3 aromatic rings. The van der Waals surface area contributed by atoms with Gasteiger partial charge in [0.15, 0.2) is 11.5 Å². The van der Waals surface area contributed by atoms with Crippen LogP contribution < -0.4 is 15.0 Å². The number of rotatable bonds is 7. The molecule has 3 rings (SSSR count). The molecule has 1 atom stereocenters. The van der Waals surface area contributed by atoms with Gasteiger partial charge in [-0.05, 0) is 23.8 Å². The normalized spacial score (nSPS) is 11.7. The lowest BCUT2D eigenvalue weighted by Gasteiger charge is -2.21. The Hall–Kier alpha value is -4.08. The summed E-state index contributed by atoms with van der Waals surface area (Å²) in [6.07, 6.45) is 1.03. The first kappa shape index (κ1) is 21.6. The molecule has 10 nitrogen and oxygen atoms in total. The van der Waals surface area contributed by atoms with E-state index in [9.17, 15) is 24.6 Å². The van der Waals surface area contributed by atoms with E-state index in [2.05, 4.69) is 4.98 Å². The molecule has 0 saturated heterocycles. The highest BCUT2D eigenvalue weighted by atomic mass is 16.5. The number of nitrogens with zero attached hydrogens (tertiary/aromatic N) is 2. The molecular weight excluding hydrogens is 408 g/mol. The number of esters is 1. The summed E-state index contributed by atoms with van der Waals surface area (Å²) in [5.74, 6) is -3.82. The van der Waals surface area contributed by atoms with Crippen molar-refractivity contribution in [3.8, 4) is 17.4 Å². The predicted octanol–water partition coefficient (Wildman–Crippen LogP) is 1.81. The quantitative estimate of drug-likeness (QED) is 0.540. The fraction of sp³-hybridized carbons (Fsp3) is 0.238. The molecule has 2 N–H and O–H groups in total. The highest BCUT2D eigenvalue weighted by Gasteiger charge is 2.32. The van der Waals surface area contributed by atoms with Crippen LogP contribution >= 0.6 is 0 Å². The minimum Gasteiger partial charge on any atom is -0.493 e. The number of aromatic carboxylic acids is 1. The zero-order valence-corrected chi connectivity index (χ0v) is 17.0. The highest BCUT2D eigenvalue weighted by molar-refractivity contribution is 5.94. The van der Waals surface area contributed by atoms with Gasteiger partial charge in [0.05, 0.1) is 33.3 Å². The topological polar surface area (TPSA) is 137 Å². The predicted molar refractivity (Wildman–Crippen MR) is 108 cm³/mol. The first-order valence-electron chi connectivity index (χ1n) is 9.09. The van der Waals surface area contributed by atoms with E-state index in [1.807, 2.05) is 0 Å². The largest absolute Gasteiger partial charge is 0.493 e. The van der Waals surface area contributed by atoms with E-state index in [1.165, 1.54) is 43.0 Å². The van der Waals surface area contributed by atoms with Gasteiger partial charge in [0.2, 0.25) is 5.88 Å². The molecule has 1 aromatic carbocycles. The number of hydrogen-bond donors (Lipinski definition) is 2. The summed E-state index contributed by atoms with van der Waals surface area (Å²) in [6, 6.07) is 7.62. The summed E-state index contributed by atoms with van der Waals surface area (Å²) >= 11 is 0. The number of aromatic nitrogens is 2. The zero-order valence-electron chi connectivity index (χ0n) is 17.0. The van der Waals surface area contributed by atoms with Crippen LogP contribution in [0.25, 0.3) is 5.65 Å². The number of fused-ring (bicyclic) bond motifs is 1. The highest BCUT2D eigenvalue weighted by Crippen LogP contribution is 2.40. The lowest BCUT2D eigenvalue weighted by molar-refractivity contribution is -0.140. The monoisotopic (exact) mass is 428 g/mol. The molecule has 0 spiro atoms. The molecule has 0 bridgehead atoms. The number of ether oxygens (including phenoxy) is 3. The van der Waals surface area contributed by atoms with Crippen molar-refractivity contribution in [3.05, 3.63) is 63.6 Å². The first-order chi connectivity index (χ1) is 14.8. The third kappa shape index (κ3) is 3.87. The van der Waals surface area contributed by atoms with E-state index in [1.54, 1.807) is 12.1 Å². The van der Waals surface area contributed by atoms with Crippen LogP contribution in [-0.4, -0.2) is 52.9 Å². The molecule has 0 aliphatic rings. The number of aromatic hydroxyl groups is 1. The molecule has 10 heteroatoms. The van der Waals surface area contributed by atoms with Gasteiger partial charge in [-0.15, -0.1) is 0 Å².